The van der Waals surface area contributed by atoms with Gasteiger partial charge in [0.15, 0.2) is 5.60 Å². The Morgan fingerprint density at radius 3 is 2.79 bits per heavy atom. The molecule has 0 aliphatic carbocycles. The topological polar surface area (TPSA) is 76.9 Å². The van der Waals surface area contributed by atoms with Crippen LogP contribution in [0.4, 0.5) is 0 Å². The molecule has 8 heteroatoms. The van der Waals surface area contributed by atoms with E-state index in [2.05, 4.69) is 36.4 Å². The van der Waals surface area contributed by atoms with Gasteiger partial charge >= 0.3 is 0 Å². The second kappa shape index (κ2) is 13.3. The Hall–Kier alpha value is -2.87. The van der Waals surface area contributed by atoms with Gasteiger partial charge in [0.05, 0.1) is 19.7 Å². The third-order valence-electron chi connectivity index (χ3n) is 7.70. The maximum Gasteiger partial charge on any atom is 0.256 e. The van der Waals surface area contributed by atoms with Crippen LogP contribution in [0, 0.1) is 0 Å². The first-order valence-electron chi connectivity index (χ1n) is 14.4. The fraction of sp³-hybridized carbons (Fsp3) is 0.633. The molecular weight excluding hydrogens is 480 g/mol. The molecule has 2 aliphatic heterocycles. The number of hydrogen-bond acceptors (Lipinski definition) is 5. The number of para-hydroxylation sites is 1. The van der Waals surface area contributed by atoms with Gasteiger partial charge in [0, 0.05) is 44.4 Å². The number of carbonyl (C=O) groups is 2. The Morgan fingerprint density at radius 1 is 1.13 bits per heavy atom. The number of benzene rings is 1. The van der Waals surface area contributed by atoms with Crippen LogP contribution in [0.25, 0.3) is 0 Å². The highest BCUT2D eigenvalue weighted by atomic mass is 16.5. The van der Waals surface area contributed by atoms with E-state index in [1.165, 1.54) is 5.56 Å². The summed E-state index contributed by atoms with van der Waals surface area (Å²) in [5.41, 5.74) is 0.202. The standard InChI is InChI=1S/C30H44N4O4/c1-4-5-16-33-19-21-37-26-12-7-6-10-25(26)11-8-9-14-30(29(33)36)23-34(20-22-38-30)27(35)13-17-32-18-15-31-28(32)24(2)3/h6-7,10,12,15,18,24H,4-5,8-9,11,13-14,16-17,19-23H2,1-3H3. The third kappa shape index (κ3) is 6.76. The predicted molar refractivity (Wildman–Crippen MR) is 147 cm³/mol. The van der Waals surface area contributed by atoms with Crippen molar-refractivity contribution in [3.63, 3.8) is 0 Å². The molecule has 208 valence electrons. The van der Waals surface area contributed by atoms with Gasteiger partial charge in [-0.1, -0.05) is 45.4 Å². The molecule has 2 aromatic rings. The van der Waals surface area contributed by atoms with E-state index in [0.29, 0.717) is 64.7 Å². The SMILES string of the molecule is CCCCN1CCOc2ccccc2CCCCC2(CN(C(=O)CCn3ccnc3C(C)C)CCO2)C1=O. The molecule has 1 spiro atoms. The number of fused-ring (bicyclic) bond motifs is 1. The van der Waals surface area contributed by atoms with E-state index in [9.17, 15) is 9.59 Å². The predicted octanol–water partition coefficient (Wildman–Crippen LogP) is 4.43. The van der Waals surface area contributed by atoms with Crippen molar-refractivity contribution >= 4 is 11.8 Å². The molecule has 38 heavy (non-hydrogen) atoms. The smallest absolute Gasteiger partial charge is 0.256 e. The summed E-state index contributed by atoms with van der Waals surface area (Å²) in [6.45, 7) is 9.74. The van der Waals surface area contributed by atoms with Crippen LogP contribution in [0.5, 0.6) is 5.75 Å². The Balaban J connectivity index is 1.49. The molecule has 4 rings (SSSR count). The van der Waals surface area contributed by atoms with Crippen LogP contribution in [0.3, 0.4) is 0 Å². The lowest BCUT2D eigenvalue weighted by Crippen LogP contribution is -2.62. The summed E-state index contributed by atoms with van der Waals surface area (Å²) in [6, 6.07) is 8.19. The first-order valence-corrected chi connectivity index (χ1v) is 14.4. The summed E-state index contributed by atoms with van der Waals surface area (Å²) < 4.78 is 14.5. The largest absolute Gasteiger partial charge is 0.491 e. The fourth-order valence-corrected chi connectivity index (χ4v) is 5.56. The number of unbranched alkanes of at least 4 members (excludes halogenated alkanes) is 1. The quantitative estimate of drug-likeness (QED) is 0.536. The summed E-state index contributed by atoms with van der Waals surface area (Å²) in [5, 5.41) is 0. The molecule has 8 nitrogen and oxygen atoms in total. The number of aryl methyl sites for hydroxylation is 2. The van der Waals surface area contributed by atoms with E-state index >= 15 is 0 Å². The van der Waals surface area contributed by atoms with Gasteiger partial charge in [-0.15, -0.1) is 0 Å². The zero-order valence-electron chi connectivity index (χ0n) is 23.4. The Labute approximate surface area is 227 Å². The molecule has 1 unspecified atom stereocenters. The van der Waals surface area contributed by atoms with Gasteiger partial charge in [-0.25, -0.2) is 4.98 Å². The minimum Gasteiger partial charge on any atom is -0.491 e. The number of rotatable bonds is 7. The van der Waals surface area contributed by atoms with Crippen LogP contribution in [0.1, 0.15) is 76.6 Å². The molecule has 1 fully saturated rings. The van der Waals surface area contributed by atoms with Crippen molar-refractivity contribution in [3.8, 4) is 5.75 Å². The highest BCUT2D eigenvalue weighted by Gasteiger charge is 2.46. The normalized spacial score (nSPS) is 21.1. The first-order chi connectivity index (χ1) is 18.4. The van der Waals surface area contributed by atoms with E-state index in [4.69, 9.17) is 9.47 Å². The van der Waals surface area contributed by atoms with E-state index in [-0.39, 0.29) is 11.8 Å². The van der Waals surface area contributed by atoms with Gasteiger partial charge < -0.3 is 23.8 Å². The molecule has 3 heterocycles. The fourth-order valence-electron chi connectivity index (χ4n) is 5.56. The highest BCUT2D eigenvalue weighted by molar-refractivity contribution is 5.87. The average molecular weight is 525 g/mol. The molecule has 0 N–H and O–H groups in total. The second-order valence-corrected chi connectivity index (χ2v) is 10.9. The van der Waals surface area contributed by atoms with E-state index in [0.717, 1.165) is 43.7 Å². The third-order valence-corrected chi connectivity index (χ3v) is 7.70. The van der Waals surface area contributed by atoms with Crippen LogP contribution >= 0.6 is 0 Å². The maximum atomic E-state index is 14.1. The summed E-state index contributed by atoms with van der Waals surface area (Å²) in [5.74, 6) is 2.26. The Kier molecular flexibility index (Phi) is 9.83. The number of imidazole rings is 1. The molecule has 1 atom stereocenters. The van der Waals surface area contributed by atoms with E-state index in [1.54, 1.807) is 6.20 Å². The van der Waals surface area contributed by atoms with Crippen molar-refractivity contribution in [3.05, 3.63) is 48.0 Å². The molecular formula is C30H44N4O4. The van der Waals surface area contributed by atoms with Crippen LogP contribution in [0.15, 0.2) is 36.7 Å². The number of aromatic nitrogens is 2. The van der Waals surface area contributed by atoms with Crippen LogP contribution in [0.2, 0.25) is 0 Å². The molecule has 0 bridgehead atoms. The van der Waals surface area contributed by atoms with Gasteiger partial charge in [0.25, 0.3) is 5.91 Å². The number of carbonyl (C=O) groups excluding carboxylic acids is 2. The minimum absolute atomic E-state index is 0.00221. The maximum absolute atomic E-state index is 14.1. The van der Waals surface area contributed by atoms with Gasteiger partial charge in [-0.2, -0.15) is 0 Å². The molecule has 1 saturated heterocycles. The number of morpholine rings is 1. The highest BCUT2D eigenvalue weighted by Crippen LogP contribution is 2.30. The lowest BCUT2D eigenvalue weighted by molar-refractivity contribution is -0.176. The second-order valence-electron chi connectivity index (χ2n) is 10.9. The number of ether oxygens (including phenoxy) is 2. The Morgan fingerprint density at radius 2 is 1.97 bits per heavy atom. The number of nitrogens with zero attached hydrogens (tertiary/aromatic N) is 4. The van der Waals surface area contributed by atoms with Gasteiger partial charge in [-0.3, -0.25) is 9.59 Å². The van der Waals surface area contributed by atoms with Gasteiger partial charge in [0.2, 0.25) is 5.91 Å². The molecule has 0 radical (unpaired) electrons. The van der Waals surface area contributed by atoms with Crippen molar-refractivity contribution in [2.24, 2.45) is 0 Å². The van der Waals surface area contributed by atoms with Crippen LogP contribution in [-0.4, -0.2) is 76.2 Å². The first kappa shape index (κ1) is 28.1. The zero-order chi connectivity index (χ0) is 27.0. The summed E-state index contributed by atoms with van der Waals surface area (Å²) in [7, 11) is 0. The van der Waals surface area contributed by atoms with Gasteiger partial charge in [-0.05, 0) is 43.7 Å². The molecule has 2 aliphatic rings. The Bertz CT molecular complexity index is 1070. The van der Waals surface area contributed by atoms with Crippen molar-refractivity contribution < 1.29 is 19.1 Å². The van der Waals surface area contributed by atoms with Crippen molar-refractivity contribution in [1.82, 2.24) is 19.4 Å². The lowest BCUT2D eigenvalue weighted by atomic mass is 9.90. The van der Waals surface area contributed by atoms with E-state index < -0.39 is 5.60 Å². The number of hydrogen-bond donors (Lipinski definition) is 0. The van der Waals surface area contributed by atoms with Crippen LogP contribution in [-0.2, 0) is 27.3 Å². The zero-order valence-corrected chi connectivity index (χ0v) is 23.4. The average Bonchev–Trinajstić information content (AvgIpc) is 3.41. The molecule has 2 amide bonds. The van der Waals surface area contributed by atoms with Crippen LogP contribution < -0.4 is 4.74 Å². The molecule has 0 saturated carbocycles. The van der Waals surface area contributed by atoms with Gasteiger partial charge in [0.1, 0.15) is 18.2 Å². The minimum atomic E-state index is -1.00. The van der Waals surface area contributed by atoms with Crippen molar-refractivity contribution in [2.75, 3.05) is 39.4 Å². The monoisotopic (exact) mass is 524 g/mol. The lowest BCUT2D eigenvalue weighted by Gasteiger charge is -2.44. The summed E-state index contributed by atoms with van der Waals surface area (Å²) in [6.07, 6.45) is 9.31. The summed E-state index contributed by atoms with van der Waals surface area (Å²) >= 11 is 0. The van der Waals surface area contributed by atoms with Crippen molar-refractivity contribution in [2.45, 2.75) is 83.8 Å². The van der Waals surface area contributed by atoms with Crippen molar-refractivity contribution in [1.29, 1.82) is 0 Å². The molecule has 1 aromatic carbocycles. The number of amides is 2. The van der Waals surface area contributed by atoms with E-state index in [1.807, 2.05) is 34.2 Å². The summed E-state index contributed by atoms with van der Waals surface area (Å²) in [4.78, 5) is 35.7. The molecule has 1 aromatic heterocycles.